The maximum absolute atomic E-state index is 13.9. The van der Waals surface area contributed by atoms with E-state index in [0.29, 0.717) is 37.8 Å². The van der Waals surface area contributed by atoms with Crippen LogP contribution in [-0.4, -0.2) is 97.5 Å². The number of rotatable bonds is 13. The number of hydrogen-bond acceptors (Lipinski definition) is 10. The van der Waals surface area contributed by atoms with Crippen molar-refractivity contribution in [1.29, 1.82) is 0 Å². The van der Waals surface area contributed by atoms with Crippen LogP contribution < -0.4 is 15.9 Å². The van der Waals surface area contributed by atoms with Crippen molar-refractivity contribution in [1.82, 2.24) is 30.0 Å². The molecular weight excluding hydrogens is 576 g/mol. The topological polar surface area (TPSA) is 185 Å². The van der Waals surface area contributed by atoms with Gasteiger partial charge in [0.25, 0.3) is 0 Å². The van der Waals surface area contributed by atoms with Crippen LogP contribution in [0.5, 0.6) is 0 Å². The molecule has 230 valence electrons. The number of nitrogens with two attached hydrogens (primary N) is 1. The highest BCUT2D eigenvalue weighted by Gasteiger charge is 2.38. The molecule has 2 amide bonds. The number of carbonyl (C=O) groups is 2. The Bertz CT molecular complexity index is 1570. The lowest BCUT2D eigenvalue weighted by Crippen LogP contribution is -2.52. The van der Waals surface area contributed by atoms with Gasteiger partial charge < -0.3 is 30.2 Å². The zero-order valence-corrected chi connectivity index (χ0v) is 24.7. The summed E-state index contributed by atoms with van der Waals surface area (Å²) in [4.78, 5) is 34.8. The molecule has 1 aliphatic heterocycles. The second-order valence-corrected chi connectivity index (χ2v) is 12.4. The highest BCUT2D eigenvalue weighted by atomic mass is 32.2. The number of ether oxygens (including phenoxy) is 1. The van der Waals surface area contributed by atoms with E-state index in [1.165, 1.54) is 12.4 Å². The SMILES string of the molecule is Cc1nc(CCN(C(=O)C(CC(=O)NC[C@H]2CN(C=NN)CCO2)NS(=O)(=O)c2ccc3ccccc3c2)C2CC2)no1. The summed E-state index contributed by atoms with van der Waals surface area (Å²) >= 11 is 0. The van der Waals surface area contributed by atoms with Gasteiger partial charge in [0.1, 0.15) is 12.4 Å². The summed E-state index contributed by atoms with van der Waals surface area (Å²) in [5, 5.41) is 11.8. The summed E-state index contributed by atoms with van der Waals surface area (Å²) in [6.45, 7) is 3.65. The summed E-state index contributed by atoms with van der Waals surface area (Å²) in [5.74, 6) is 5.14. The minimum absolute atomic E-state index is 0.00178. The minimum atomic E-state index is -4.17. The summed E-state index contributed by atoms with van der Waals surface area (Å²) in [5.41, 5.74) is 0. The monoisotopic (exact) mass is 612 g/mol. The smallest absolute Gasteiger partial charge is 0.241 e. The van der Waals surface area contributed by atoms with Crippen LogP contribution in [0.2, 0.25) is 0 Å². The minimum Gasteiger partial charge on any atom is -0.373 e. The molecule has 1 saturated carbocycles. The number of nitrogens with one attached hydrogen (secondary N) is 2. The van der Waals surface area contributed by atoms with Crippen molar-refractivity contribution >= 4 is 38.9 Å². The molecule has 2 aromatic carbocycles. The van der Waals surface area contributed by atoms with Crippen molar-refractivity contribution in [3.8, 4) is 0 Å². The molecular formula is C28H36N8O6S. The zero-order chi connectivity index (χ0) is 30.4. The van der Waals surface area contributed by atoms with Crippen LogP contribution in [0.25, 0.3) is 10.8 Å². The molecule has 2 fully saturated rings. The number of aromatic nitrogens is 2. The Morgan fingerprint density at radius 2 is 2.02 bits per heavy atom. The zero-order valence-electron chi connectivity index (χ0n) is 23.9. The molecule has 2 aliphatic rings. The lowest BCUT2D eigenvalue weighted by molar-refractivity contribution is -0.136. The summed E-state index contributed by atoms with van der Waals surface area (Å²) < 4.78 is 40.4. The number of morpholine rings is 1. The van der Waals surface area contributed by atoms with E-state index in [0.717, 1.165) is 23.6 Å². The Labute approximate surface area is 249 Å². The molecule has 4 N–H and O–H groups in total. The lowest BCUT2D eigenvalue weighted by atomic mass is 10.1. The molecule has 0 radical (unpaired) electrons. The predicted molar refractivity (Wildman–Crippen MR) is 157 cm³/mol. The van der Waals surface area contributed by atoms with Gasteiger partial charge in [0.05, 0.1) is 24.0 Å². The second-order valence-electron chi connectivity index (χ2n) is 10.7. The summed E-state index contributed by atoms with van der Waals surface area (Å²) in [7, 11) is -4.17. The van der Waals surface area contributed by atoms with Crippen molar-refractivity contribution in [3.63, 3.8) is 0 Å². The molecule has 1 saturated heterocycles. The number of fused-ring (bicyclic) bond motifs is 1. The number of carbonyl (C=O) groups excluding carboxylic acids is 2. The molecule has 14 nitrogen and oxygen atoms in total. The summed E-state index contributed by atoms with van der Waals surface area (Å²) in [6.07, 6.45) is 2.70. The van der Waals surface area contributed by atoms with Crippen LogP contribution in [0.4, 0.5) is 0 Å². The average Bonchev–Trinajstić information content (AvgIpc) is 3.75. The van der Waals surface area contributed by atoms with Gasteiger partial charge in [0, 0.05) is 45.6 Å². The first-order valence-corrected chi connectivity index (χ1v) is 15.7. The van der Waals surface area contributed by atoms with Crippen molar-refractivity contribution < 1.29 is 27.3 Å². The molecule has 2 atom stereocenters. The van der Waals surface area contributed by atoms with Gasteiger partial charge in [-0.2, -0.15) is 14.8 Å². The largest absolute Gasteiger partial charge is 0.373 e. The van der Waals surface area contributed by atoms with Crippen molar-refractivity contribution in [2.24, 2.45) is 10.9 Å². The van der Waals surface area contributed by atoms with Gasteiger partial charge in [-0.05, 0) is 35.7 Å². The van der Waals surface area contributed by atoms with Crippen LogP contribution >= 0.6 is 0 Å². The number of hydrazone groups is 1. The molecule has 1 unspecified atom stereocenters. The third-order valence-electron chi connectivity index (χ3n) is 7.36. The first-order valence-electron chi connectivity index (χ1n) is 14.2. The van der Waals surface area contributed by atoms with Gasteiger partial charge in [0.2, 0.25) is 27.7 Å². The molecule has 1 aromatic heterocycles. The summed E-state index contributed by atoms with van der Waals surface area (Å²) in [6, 6.07) is 10.7. The molecule has 15 heteroatoms. The van der Waals surface area contributed by atoms with Gasteiger partial charge in [-0.3, -0.25) is 9.59 Å². The Morgan fingerprint density at radius 3 is 2.74 bits per heavy atom. The molecule has 0 bridgehead atoms. The molecule has 3 aromatic rings. The highest BCUT2D eigenvalue weighted by Crippen LogP contribution is 2.28. The van der Waals surface area contributed by atoms with Gasteiger partial charge in [0.15, 0.2) is 5.82 Å². The molecule has 2 heterocycles. The Morgan fingerprint density at radius 1 is 1.23 bits per heavy atom. The number of nitrogens with zero attached hydrogens (tertiary/aromatic N) is 5. The second kappa shape index (κ2) is 13.5. The van der Waals surface area contributed by atoms with Gasteiger partial charge >= 0.3 is 0 Å². The van der Waals surface area contributed by atoms with E-state index in [2.05, 4.69) is 25.3 Å². The van der Waals surface area contributed by atoms with E-state index in [9.17, 15) is 18.0 Å². The fourth-order valence-corrected chi connectivity index (χ4v) is 6.27. The number of benzene rings is 2. The van der Waals surface area contributed by atoms with Crippen LogP contribution in [0, 0.1) is 6.92 Å². The van der Waals surface area contributed by atoms with Crippen LogP contribution in [0.15, 0.2) is 57.0 Å². The number of hydrogen-bond donors (Lipinski definition) is 3. The predicted octanol–water partition coefficient (Wildman–Crippen LogP) is 0.521. The average molecular weight is 613 g/mol. The standard InChI is InChI=1S/C28H36N8O6S/c1-19-32-26(33-42-19)10-11-36(22-7-8-22)28(38)25(15-27(37)30-16-23-17-35(18-31-29)12-13-41-23)34-43(39,40)24-9-6-20-4-2-3-5-21(20)14-24/h2-6,9,14,18,22-23,25,34H,7-8,10-13,15-17,29H2,1H3,(H,30,37)/t23-,25?/m0/s1. The van der Waals surface area contributed by atoms with Gasteiger partial charge in [-0.1, -0.05) is 35.5 Å². The number of amides is 2. The highest BCUT2D eigenvalue weighted by molar-refractivity contribution is 7.89. The maximum Gasteiger partial charge on any atom is 0.241 e. The third kappa shape index (κ3) is 8.06. The first kappa shape index (κ1) is 30.4. The Balaban J connectivity index is 1.32. The van der Waals surface area contributed by atoms with E-state index in [1.807, 2.05) is 29.2 Å². The molecule has 1 aliphatic carbocycles. The normalized spacial score (nSPS) is 18.2. The van der Waals surface area contributed by atoms with Gasteiger partial charge in [-0.15, -0.1) is 0 Å². The molecule has 5 rings (SSSR count). The van der Waals surface area contributed by atoms with Gasteiger partial charge in [-0.25, -0.2) is 8.42 Å². The quantitative estimate of drug-likeness (QED) is 0.106. The first-order chi connectivity index (χ1) is 20.7. The van der Waals surface area contributed by atoms with E-state index in [1.54, 1.807) is 24.0 Å². The lowest BCUT2D eigenvalue weighted by Gasteiger charge is -2.31. The van der Waals surface area contributed by atoms with Crippen LogP contribution in [0.3, 0.4) is 0 Å². The molecule has 0 spiro atoms. The van der Waals surface area contributed by atoms with Crippen molar-refractivity contribution in [2.45, 2.75) is 55.7 Å². The van der Waals surface area contributed by atoms with E-state index in [-0.39, 0.29) is 30.1 Å². The fourth-order valence-electron chi connectivity index (χ4n) is 5.04. The fraction of sp³-hybridized carbons (Fsp3) is 0.464. The van der Waals surface area contributed by atoms with Crippen molar-refractivity contribution in [2.75, 3.05) is 32.8 Å². The van der Waals surface area contributed by atoms with E-state index < -0.39 is 34.3 Å². The van der Waals surface area contributed by atoms with E-state index >= 15 is 0 Å². The number of sulfonamides is 1. The number of aryl methyl sites for hydroxylation is 1. The third-order valence-corrected chi connectivity index (χ3v) is 8.83. The van der Waals surface area contributed by atoms with Crippen LogP contribution in [-0.2, 0) is 30.8 Å². The Hall–Kier alpha value is -4.08. The maximum atomic E-state index is 13.9. The van der Waals surface area contributed by atoms with Crippen molar-refractivity contribution in [3.05, 3.63) is 54.2 Å². The van der Waals surface area contributed by atoms with E-state index in [4.69, 9.17) is 15.1 Å². The van der Waals surface area contributed by atoms with Crippen LogP contribution in [0.1, 0.15) is 31.0 Å². The Kier molecular flexibility index (Phi) is 9.52. The molecule has 43 heavy (non-hydrogen) atoms.